The molecule has 0 unspecified atom stereocenters. The molecule has 21 heteroatoms. The van der Waals surface area contributed by atoms with Gasteiger partial charge in [0.2, 0.25) is 0 Å². The van der Waals surface area contributed by atoms with Crippen LogP contribution in [0.25, 0.3) is 0 Å². The van der Waals surface area contributed by atoms with E-state index in [9.17, 15) is 38.4 Å². The molecule has 2 aliphatic rings. The molecule has 0 radical (unpaired) electrons. The Kier molecular flexibility index (Phi) is 18.5. The van der Waals surface area contributed by atoms with Crippen LogP contribution in [0.5, 0.6) is 0 Å². The number of carbonyl (C=O) groups excluding carboxylic acids is 8. The van der Waals surface area contributed by atoms with E-state index in [2.05, 4.69) is 0 Å². The second-order valence-corrected chi connectivity index (χ2v) is 11.5. The quantitative estimate of drug-likeness (QED) is 0.0940. The number of ether oxygens (including phenoxy) is 13. The van der Waals surface area contributed by atoms with Crippen molar-refractivity contribution >= 4 is 47.8 Å². The lowest BCUT2D eigenvalue weighted by molar-refractivity contribution is -0.311. The Labute approximate surface area is 304 Å². The Morgan fingerprint density at radius 1 is 0.377 bits per heavy atom. The lowest BCUT2D eigenvalue weighted by Gasteiger charge is -2.44. The van der Waals surface area contributed by atoms with Gasteiger partial charge in [0.1, 0.15) is 25.4 Å². The highest BCUT2D eigenvalue weighted by Gasteiger charge is 2.54. The van der Waals surface area contributed by atoms with Gasteiger partial charge in [-0.05, 0) is 0 Å². The summed E-state index contributed by atoms with van der Waals surface area (Å²) in [5.41, 5.74) is 0. The zero-order valence-corrected chi connectivity index (χ0v) is 30.6. The summed E-state index contributed by atoms with van der Waals surface area (Å²) in [7, 11) is 0. The first-order chi connectivity index (χ1) is 24.9. The largest absolute Gasteiger partial charge is 0.463 e. The molecule has 2 saturated heterocycles. The number of carbonyl (C=O) groups is 8. The number of rotatable bonds is 18. The van der Waals surface area contributed by atoms with Crippen molar-refractivity contribution < 1.29 is 99.9 Å². The van der Waals surface area contributed by atoms with E-state index in [-0.39, 0.29) is 26.4 Å². The topological polar surface area (TPSA) is 257 Å². The first-order valence-corrected chi connectivity index (χ1v) is 16.3. The highest BCUT2D eigenvalue weighted by molar-refractivity contribution is 5.70. The molecule has 0 aromatic rings. The van der Waals surface area contributed by atoms with Gasteiger partial charge in [0.05, 0.1) is 26.4 Å². The summed E-state index contributed by atoms with van der Waals surface area (Å²) in [6, 6.07) is 0. The number of hydrogen-bond acceptors (Lipinski definition) is 21. The summed E-state index contributed by atoms with van der Waals surface area (Å²) in [6.45, 7) is 7.23. The van der Waals surface area contributed by atoms with Crippen molar-refractivity contribution in [1.29, 1.82) is 0 Å². The van der Waals surface area contributed by atoms with Crippen molar-refractivity contribution in [1.82, 2.24) is 0 Å². The van der Waals surface area contributed by atoms with Crippen molar-refractivity contribution in [2.75, 3.05) is 39.6 Å². The minimum Gasteiger partial charge on any atom is -0.463 e. The van der Waals surface area contributed by atoms with Gasteiger partial charge in [-0.25, -0.2) is 0 Å². The standard InChI is InChI=1S/C32H46O21/c1-15(33)44-13-23-25(46-17(3)35)27(48-19(5)37)29(50-21(7)39)31(52-23)42-11-9-41-10-12-43-32-30(51-22(8)40)28(49-20(6)38)26(47-18(4)36)24(53-32)14-45-16(2)34/h23-32H,9-14H2,1-8H3/t23-,24-,25+,26+,27+,28+,29-,30-,31-,32-/m1/s1. The van der Waals surface area contributed by atoms with E-state index in [4.69, 9.17) is 61.6 Å². The summed E-state index contributed by atoms with van der Waals surface area (Å²) < 4.78 is 70.9. The van der Waals surface area contributed by atoms with Crippen LogP contribution in [-0.2, 0) is 99.9 Å². The van der Waals surface area contributed by atoms with Crippen molar-refractivity contribution in [3.63, 3.8) is 0 Å². The monoisotopic (exact) mass is 766 g/mol. The first-order valence-electron chi connectivity index (χ1n) is 16.3. The molecule has 21 nitrogen and oxygen atoms in total. The third-order valence-electron chi connectivity index (χ3n) is 6.92. The van der Waals surface area contributed by atoms with E-state index in [1.165, 1.54) is 0 Å². The average Bonchev–Trinajstić information content (AvgIpc) is 3.02. The maximum absolute atomic E-state index is 12.0. The van der Waals surface area contributed by atoms with Crippen LogP contribution in [0.4, 0.5) is 0 Å². The SMILES string of the molecule is CC(=O)OC[C@H]1O[C@@H](OCCOCCO[C@@H]2O[C@H](COC(C)=O)[C@H](OC(C)=O)[C@H](OC(C)=O)[C@H]2OC(C)=O)[C@H](OC(C)=O)[C@@H](OC(C)=O)[C@H]1OC(C)=O. The molecule has 0 N–H and O–H groups in total. The molecule has 0 aromatic carbocycles. The molecule has 0 amide bonds. The van der Waals surface area contributed by atoms with Gasteiger partial charge in [-0.1, -0.05) is 0 Å². The van der Waals surface area contributed by atoms with Crippen molar-refractivity contribution in [2.45, 2.75) is 117 Å². The molecule has 2 heterocycles. The Hall–Kier alpha value is -4.44. The zero-order valence-electron chi connectivity index (χ0n) is 30.6. The van der Waals surface area contributed by atoms with Crippen LogP contribution in [0.3, 0.4) is 0 Å². The van der Waals surface area contributed by atoms with Crippen molar-refractivity contribution in [3.05, 3.63) is 0 Å². The molecule has 53 heavy (non-hydrogen) atoms. The molecule has 0 aliphatic carbocycles. The van der Waals surface area contributed by atoms with Gasteiger partial charge in [0.15, 0.2) is 49.2 Å². The van der Waals surface area contributed by atoms with Crippen LogP contribution in [0.15, 0.2) is 0 Å². The fraction of sp³-hybridized carbons (Fsp3) is 0.750. The third kappa shape index (κ3) is 15.6. The van der Waals surface area contributed by atoms with Gasteiger partial charge in [-0.2, -0.15) is 0 Å². The Morgan fingerprint density at radius 2 is 0.660 bits per heavy atom. The fourth-order valence-electron chi connectivity index (χ4n) is 5.19. The Morgan fingerprint density at radius 3 is 0.943 bits per heavy atom. The lowest BCUT2D eigenvalue weighted by atomic mass is 9.98. The third-order valence-corrected chi connectivity index (χ3v) is 6.92. The average molecular weight is 767 g/mol. The van der Waals surface area contributed by atoms with Crippen LogP contribution in [-0.4, -0.2) is 149 Å². The molecule has 0 bridgehead atoms. The van der Waals surface area contributed by atoms with Gasteiger partial charge < -0.3 is 61.6 Å². The molecule has 300 valence electrons. The van der Waals surface area contributed by atoms with Gasteiger partial charge in [-0.3, -0.25) is 38.4 Å². The summed E-state index contributed by atoms with van der Waals surface area (Å²) in [6.07, 6.45) is -13.7. The van der Waals surface area contributed by atoms with Gasteiger partial charge in [-0.15, -0.1) is 0 Å². The predicted molar refractivity (Wildman–Crippen MR) is 167 cm³/mol. The summed E-state index contributed by atoms with van der Waals surface area (Å²) >= 11 is 0. The number of esters is 8. The molecule has 2 aliphatic heterocycles. The van der Waals surface area contributed by atoms with Gasteiger partial charge in [0, 0.05) is 55.4 Å². The molecule has 2 fully saturated rings. The molecular formula is C32H46O21. The summed E-state index contributed by atoms with van der Waals surface area (Å²) in [5.74, 6) is -6.17. The van der Waals surface area contributed by atoms with E-state index in [1.54, 1.807) is 0 Å². The second kappa shape index (κ2) is 21.9. The zero-order chi connectivity index (χ0) is 39.8. The van der Waals surface area contributed by atoms with Crippen LogP contribution in [0.1, 0.15) is 55.4 Å². The van der Waals surface area contributed by atoms with E-state index >= 15 is 0 Å². The predicted octanol–water partition coefficient (Wildman–Crippen LogP) is -0.798. The van der Waals surface area contributed by atoms with Crippen LogP contribution < -0.4 is 0 Å². The second-order valence-electron chi connectivity index (χ2n) is 11.5. The highest BCUT2D eigenvalue weighted by atomic mass is 16.8. The van der Waals surface area contributed by atoms with Crippen molar-refractivity contribution in [3.8, 4) is 0 Å². The molecule has 0 spiro atoms. The van der Waals surface area contributed by atoms with E-state index in [1.807, 2.05) is 0 Å². The van der Waals surface area contributed by atoms with Crippen LogP contribution in [0.2, 0.25) is 0 Å². The lowest BCUT2D eigenvalue weighted by Crippen LogP contribution is -2.63. The van der Waals surface area contributed by atoms with Crippen molar-refractivity contribution in [2.24, 2.45) is 0 Å². The summed E-state index contributed by atoms with van der Waals surface area (Å²) in [4.78, 5) is 94.9. The maximum Gasteiger partial charge on any atom is 0.303 e. The highest BCUT2D eigenvalue weighted by Crippen LogP contribution is 2.31. The maximum atomic E-state index is 12.0. The van der Waals surface area contributed by atoms with Crippen LogP contribution in [0, 0.1) is 0 Å². The molecular weight excluding hydrogens is 720 g/mol. The van der Waals surface area contributed by atoms with E-state index in [0.717, 1.165) is 55.4 Å². The first kappa shape index (κ1) is 44.7. The Balaban J connectivity index is 2.13. The Bertz CT molecular complexity index is 1200. The van der Waals surface area contributed by atoms with E-state index < -0.39 is 122 Å². The molecule has 10 atom stereocenters. The smallest absolute Gasteiger partial charge is 0.303 e. The minimum absolute atomic E-state index is 0.130. The molecule has 0 saturated carbocycles. The molecule has 2 rings (SSSR count). The van der Waals surface area contributed by atoms with Gasteiger partial charge in [0.25, 0.3) is 0 Å². The van der Waals surface area contributed by atoms with E-state index in [0.29, 0.717) is 0 Å². The fourth-order valence-corrected chi connectivity index (χ4v) is 5.19. The van der Waals surface area contributed by atoms with Crippen LogP contribution >= 0.6 is 0 Å². The van der Waals surface area contributed by atoms with Gasteiger partial charge >= 0.3 is 47.8 Å². The summed E-state index contributed by atoms with van der Waals surface area (Å²) in [5, 5.41) is 0. The minimum atomic E-state index is -1.43. The normalized spacial score (nSPS) is 28.0. The number of hydrogen-bond donors (Lipinski definition) is 0. The molecule has 0 aromatic heterocycles.